The first kappa shape index (κ1) is 11.6. The van der Waals surface area contributed by atoms with E-state index in [1.54, 1.807) is 0 Å². The van der Waals surface area contributed by atoms with Crippen LogP contribution in [0.4, 0.5) is 0 Å². The lowest BCUT2D eigenvalue weighted by Crippen LogP contribution is -1.98. The maximum Gasteiger partial charge on any atom is 0.202 e. The molecule has 1 aromatic heterocycles. The van der Waals surface area contributed by atoms with E-state index in [1.807, 2.05) is 44.2 Å². The van der Waals surface area contributed by atoms with Crippen LogP contribution in [0.1, 0.15) is 25.7 Å². The molecular formula is C13H11BrOS. The van der Waals surface area contributed by atoms with Crippen LogP contribution in [-0.4, -0.2) is 5.78 Å². The summed E-state index contributed by atoms with van der Waals surface area (Å²) in [5.41, 5.74) is 1.83. The van der Waals surface area contributed by atoms with Crippen molar-refractivity contribution in [3.05, 3.63) is 55.7 Å². The monoisotopic (exact) mass is 294 g/mol. The van der Waals surface area contributed by atoms with Gasteiger partial charge in [-0.2, -0.15) is 0 Å². The molecule has 1 aromatic carbocycles. The molecule has 0 N–H and O–H groups in total. The van der Waals surface area contributed by atoms with Crippen LogP contribution in [0, 0.1) is 13.8 Å². The maximum absolute atomic E-state index is 12.2. The fourth-order valence-electron chi connectivity index (χ4n) is 1.57. The van der Waals surface area contributed by atoms with Crippen molar-refractivity contribution in [1.29, 1.82) is 0 Å². The van der Waals surface area contributed by atoms with E-state index in [0.29, 0.717) is 0 Å². The summed E-state index contributed by atoms with van der Waals surface area (Å²) < 4.78 is 0.948. The fraction of sp³-hybridized carbons (Fsp3) is 0.154. The second-order valence-corrected chi connectivity index (χ2v) is 5.96. The Hall–Kier alpha value is -0.930. The summed E-state index contributed by atoms with van der Waals surface area (Å²) in [5, 5.41) is 0. The molecule has 0 fully saturated rings. The highest BCUT2D eigenvalue weighted by Crippen LogP contribution is 2.22. The Labute approximate surface area is 107 Å². The smallest absolute Gasteiger partial charge is 0.202 e. The van der Waals surface area contributed by atoms with Gasteiger partial charge in [0.05, 0.1) is 4.88 Å². The number of rotatable bonds is 2. The third-order valence-electron chi connectivity index (χ3n) is 2.27. The minimum absolute atomic E-state index is 0.0995. The number of hydrogen-bond donors (Lipinski definition) is 0. The van der Waals surface area contributed by atoms with Gasteiger partial charge < -0.3 is 0 Å². The van der Waals surface area contributed by atoms with Gasteiger partial charge in [-0.25, -0.2) is 0 Å². The fourth-order valence-corrected chi connectivity index (χ4v) is 3.00. The molecule has 2 rings (SSSR count). The summed E-state index contributed by atoms with van der Waals surface area (Å²) in [7, 11) is 0. The number of thiophene rings is 1. The van der Waals surface area contributed by atoms with Gasteiger partial charge in [-0.1, -0.05) is 15.9 Å². The summed E-state index contributed by atoms with van der Waals surface area (Å²) in [6.45, 7) is 3.99. The van der Waals surface area contributed by atoms with Crippen molar-refractivity contribution in [2.75, 3.05) is 0 Å². The molecular weight excluding hydrogens is 284 g/mol. The van der Waals surface area contributed by atoms with Gasteiger partial charge in [0, 0.05) is 14.9 Å². The summed E-state index contributed by atoms with van der Waals surface area (Å²) in [6, 6.07) is 9.64. The lowest BCUT2D eigenvalue weighted by atomic mass is 10.1. The first-order valence-electron chi connectivity index (χ1n) is 4.94. The SMILES string of the molecule is Cc1cc(Br)cc(C(=O)c2ccc(C)s2)c1. The maximum atomic E-state index is 12.2. The zero-order valence-corrected chi connectivity index (χ0v) is 11.5. The predicted molar refractivity (Wildman–Crippen MR) is 71.4 cm³/mol. The van der Waals surface area contributed by atoms with Crippen LogP contribution in [0.15, 0.2) is 34.8 Å². The third kappa shape index (κ3) is 2.42. The zero-order valence-electron chi connectivity index (χ0n) is 9.08. The average molecular weight is 295 g/mol. The van der Waals surface area contributed by atoms with E-state index in [0.717, 1.165) is 25.4 Å². The molecule has 0 aliphatic heterocycles. The van der Waals surface area contributed by atoms with E-state index in [2.05, 4.69) is 15.9 Å². The molecule has 1 heterocycles. The normalized spacial score (nSPS) is 10.4. The highest BCUT2D eigenvalue weighted by atomic mass is 79.9. The number of ketones is 1. The third-order valence-corrected chi connectivity index (χ3v) is 3.73. The first-order valence-corrected chi connectivity index (χ1v) is 6.55. The van der Waals surface area contributed by atoms with Crippen LogP contribution >= 0.6 is 27.3 Å². The molecule has 0 bridgehead atoms. The lowest BCUT2D eigenvalue weighted by Gasteiger charge is -2.01. The van der Waals surface area contributed by atoms with Crippen molar-refractivity contribution >= 4 is 33.0 Å². The molecule has 0 atom stereocenters. The number of benzene rings is 1. The van der Waals surface area contributed by atoms with Crippen LogP contribution < -0.4 is 0 Å². The van der Waals surface area contributed by atoms with Crippen molar-refractivity contribution in [2.24, 2.45) is 0 Å². The highest BCUT2D eigenvalue weighted by Gasteiger charge is 2.11. The largest absolute Gasteiger partial charge is 0.288 e. The number of hydrogen-bond acceptors (Lipinski definition) is 2. The molecule has 0 unspecified atom stereocenters. The molecule has 82 valence electrons. The Bertz CT molecular complexity index is 522. The van der Waals surface area contributed by atoms with E-state index in [4.69, 9.17) is 0 Å². The molecule has 0 aliphatic carbocycles. The minimum Gasteiger partial charge on any atom is -0.288 e. The van der Waals surface area contributed by atoms with Crippen molar-refractivity contribution in [1.82, 2.24) is 0 Å². The van der Waals surface area contributed by atoms with E-state index in [9.17, 15) is 4.79 Å². The van der Waals surface area contributed by atoms with Crippen molar-refractivity contribution in [2.45, 2.75) is 13.8 Å². The Balaban J connectivity index is 2.41. The van der Waals surface area contributed by atoms with Crippen LogP contribution in [-0.2, 0) is 0 Å². The molecule has 0 amide bonds. The van der Waals surface area contributed by atoms with Crippen LogP contribution in [0.5, 0.6) is 0 Å². The van der Waals surface area contributed by atoms with Crippen LogP contribution in [0.3, 0.4) is 0 Å². The molecule has 0 spiro atoms. The van der Waals surface area contributed by atoms with Gasteiger partial charge in [-0.15, -0.1) is 11.3 Å². The number of halogens is 1. The first-order chi connectivity index (χ1) is 7.56. The van der Waals surface area contributed by atoms with Gasteiger partial charge in [-0.05, 0) is 49.7 Å². The van der Waals surface area contributed by atoms with E-state index in [-0.39, 0.29) is 5.78 Å². The molecule has 0 radical (unpaired) electrons. The highest BCUT2D eigenvalue weighted by molar-refractivity contribution is 9.10. The van der Waals surface area contributed by atoms with E-state index < -0.39 is 0 Å². The summed E-state index contributed by atoms with van der Waals surface area (Å²) in [5.74, 6) is 0.0995. The van der Waals surface area contributed by atoms with E-state index in [1.165, 1.54) is 11.3 Å². The molecule has 0 aliphatic rings. The van der Waals surface area contributed by atoms with Gasteiger partial charge in [0.1, 0.15) is 0 Å². The van der Waals surface area contributed by atoms with Gasteiger partial charge in [0.15, 0.2) is 0 Å². The molecule has 16 heavy (non-hydrogen) atoms. The molecule has 3 heteroatoms. The summed E-state index contributed by atoms with van der Waals surface area (Å²) in [6.07, 6.45) is 0. The van der Waals surface area contributed by atoms with Gasteiger partial charge in [-0.3, -0.25) is 4.79 Å². The summed E-state index contributed by atoms with van der Waals surface area (Å²) >= 11 is 4.95. The topological polar surface area (TPSA) is 17.1 Å². The number of carbonyl (C=O) groups excluding carboxylic acids is 1. The minimum atomic E-state index is 0.0995. The summed E-state index contributed by atoms with van der Waals surface area (Å²) in [4.78, 5) is 14.1. The predicted octanol–water partition coefficient (Wildman–Crippen LogP) is 4.36. The average Bonchev–Trinajstić information content (AvgIpc) is 2.62. The van der Waals surface area contributed by atoms with E-state index >= 15 is 0 Å². The second-order valence-electron chi connectivity index (χ2n) is 3.76. The zero-order chi connectivity index (χ0) is 11.7. The molecule has 0 saturated carbocycles. The van der Waals surface area contributed by atoms with Gasteiger partial charge in [0.25, 0.3) is 0 Å². The quantitative estimate of drug-likeness (QED) is 0.752. The van der Waals surface area contributed by atoms with Gasteiger partial charge in [0.2, 0.25) is 5.78 Å². The lowest BCUT2D eigenvalue weighted by molar-refractivity contribution is 0.104. The van der Waals surface area contributed by atoms with Crippen LogP contribution in [0.2, 0.25) is 0 Å². The Morgan fingerprint density at radius 1 is 1.19 bits per heavy atom. The molecule has 2 aromatic rings. The number of aryl methyl sites for hydroxylation is 2. The Kier molecular flexibility index (Phi) is 3.26. The van der Waals surface area contributed by atoms with Gasteiger partial charge >= 0.3 is 0 Å². The number of carbonyl (C=O) groups is 1. The molecule has 0 saturated heterocycles. The van der Waals surface area contributed by atoms with Crippen molar-refractivity contribution in [3.8, 4) is 0 Å². The van der Waals surface area contributed by atoms with Crippen molar-refractivity contribution < 1.29 is 4.79 Å². The Morgan fingerprint density at radius 3 is 2.50 bits per heavy atom. The Morgan fingerprint density at radius 2 is 1.94 bits per heavy atom. The standard InChI is InChI=1S/C13H11BrOS/c1-8-5-10(7-11(14)6-8)13(15)12-4-3-9(2)16-12/h3-7H,1-2H3. The molecule has 1 nitrogen and oxygen atoms in total. The van der Waals surface area contributed by atoms with Crippen LogP contribution in [0.25, 0.3) is 0 Å². The van der Waals surface area contributed by atoms with Crippen molar-refractivity contribution in [3.63, 3.8) is 0 Å². The second kappa shape index (κ2) is 4.52.